The Morgan fingerprint density at radius 2 is 1.69 bits per heavy atom. The number of carbonyl (C=O) groups is 1. The number of nitrogens with zero attached hydrogens (tertiary/aromatic N) is 1. The molecule has 9 heteroatoms. The van der Waals surface area contributed by atoms with E-state index in [9.17, 15) is 13.2 Å². The Kier molecular flexibility index (Phi) is 7.72. The smallest absolute Gasteiger partial charge is 0.245 e. The summed E-state index contributed by atoms with van der Waals surface area (Å²) in [6.45, 7) is 2.17. The second kappa shape index (κ2) is 10.0. The van der Waals surface area contributed by atoms with Crippen molar-refractivity contribution in [2.75, 3.05) is 43.2 Å². The van der Waals surface area contributed by atoms with Gasteiger partial charge < -0.3 is 19.5 Å². The highest BCUT2D eigenvalue weighted by molar-refractivity contribution is 7.92. The molecule has 2 rings (SSSR count). The van der Waals surface area contributed by atoms with E-state index < -0.39 is 22.5 Å². The summed E-state index contributed by atoms with van der Waals surface area (Å²) in [5.74, 6) is 1.08. The fraction of sp³-hybridized carbons (Fsp3) is 0.350. The number of hydrogen-bond donors (Lipinski definition) is 1. The molecule has 0 aromatic heterocycles. The number of sulfonamides is 1. The molecule has 0 fully saturated rings. The van der Waals surface area contributed by atoms with Gasteiger partial charge in [0.2, 0.25) is 15.9 Å². The first-order chi connectivity index (χ1) is 13.8. The summed E-state index contributed by atoms with van der Waals surface area (Å²) >= 11 is 0. The third-order valence-corrected chi connectivity index (χ3v) is 5.11. The van der Waals surface area contributed by atoms with Gasteiger partial charge in [-0.3, -0.25) is 9.10 Å². The summed E-state index contributed by atoms with van der Waals surface area (Å²) in [5.41, 5.74) is 0.748. The van der Waals surface area contributed by atoms with Crippen molar-refractivity contribution in [2.24, 2.45) is 0 Å². The molecule has 0 atom stereocenters. The minimum atomic E-state index is -3.69. The van der Waals surface area contributed by atoms with Crippen LogP contribution in [0.2, 0.25) is 0 Å². The minimum Gasteiger partial charge on any atom is -0.497 e. The Labute approximate surface area is 171 Å². The third kappa shape index (κ3) is 6.28. The molecular weight excluding hydrogens is 396 g/mol. The van der Waals surface area contributed by atoms with E-state index in [0.29, 0.717) is 35.2 Å². The zero-order valence-corrected chi connectivity index (χ0v) is 17.8. The predicted octanol–water partition coefficient (Wildman–Crippen LogP) is 2.90. The molecule has 158 valence electrons. The molecule has 0 bridgehead atoms. The molecule has 0 heterocycles. The molecule has 1 N–H and O–H groups in total. The second-order valence-electron chi connectivity index (χ2n) is 6.23. The van der Waals surface area contributed by atoms with Gasteiger partial charge in [0.05, 0.1) is 38.5 Å². The van der Waals surface area contributed by atoms with Gasteiger partial charge in [0.15, 0.2) is 0 Å². The quantitative estimate of drug-likeness (QED) is 0.633. The normalized spacial score (nSPS) is 10.9. The molecule has 0 aliphatic rings. The number of carbonyl (C=O) groups excluding carboxylic acids is 1. The van der Waals surface area contributed by atoms with Crippen LogP contribution in [0.5, 0.6) is 17.2 Å². The van der Waals surface area contributed by atoms with Crippen molar-refractivity contribution >= 4 is 27.3 Å². The van der Waals surface area contributed by atoms with Gasteiger partial charge in [-0.25, -0.2) is 8.42 Å². The van der Waals surface area contributed by atoms with Gasteiger partial charge in [0.25, 0.3) is 0 Å². The number of rotatable bonds is 10. The van der Waals surface area contributed by atoms with Crippen molar-refractivity contribution in [3.05, 3.63) is 42.5 Å². The van der Waals surface area contributed by atoms with Crippen molar-refractivity contribution in [2.45, 2.75) is 13.3 Å². The van der Waals surface area contributed by atoms with E-state index in [0.717, 1.165) is 17.0 Å². The van der Waals surface area contributed by atoms with Crippen LogP contribution in [0.3, 0.4) is 0 Å². The zero-order valence-electron chi connectivity index (χ0n) is 17.0. The van der Waals surface area contributed by atoms with Gasteiger partial charge in [-0.1, -0.05) is 6.92 Å². The molecule has 0 saturated carbocycles. The summed E-state index contributed by atoms with van der Waals surface area (Å²) in [4.78, 5) is 12.6. The molecule has 29 heavy (non-hydrogen) atoms. The number of hydrogen-bond acceptors (Lipinski definition) is 6. The van der Waals surface area contributed by atoms with Crippen LogP contribution < -0.4 is 23.8 Å². The molecule has 0 aliphatic carbocycles. The van der Waals surface area contributed by atoms with Crippen LogP contribution in [-0.2, 0) is 14.8 Å². The van der Waals surface area contributed by atoms with Crippen LogP contribution in [0.15, 0.2) is 42.5 Å². The van der Waals surface area contributed by atoms with E-state index in [-0.39, 0.29) is 0 Å². The van der Waals surface area contributed by atoms with Crippen molar-refractivity contribution < 1.29 is 27.4 Å². The Bertz CT molecular complexity index is 928. The standard InChI is InChI=1S/C20H26N2O6S/c1-5-12-28-16-8-6-15(7-9-16)22(29(4,24)25)14-20(23)21-18-13-17(26-2)10-11-19(18)27-3/h6-11,13H,5,12,14H2,1-4H3,(H,21,23). The van der Waals surface area contributed by atoms with Crippen LogP contribution in [0.1, 0.15) is 13.3 Å². The molecule has 2 aromatic carbocycles. The SMILES string of the molecule is CCCOc1ccc(N(CC(=O)Nc2cc(OC)ccc2OC)S(C)(=O)=O)cc1. The molecule has 0 aliphatic heterocycles. The van der Waals surface area contributed by atoms with Crippen molar-refractivity contribution in [3.63, 3.8) is 0 Å². The first-order valence-electron chi connectivity index (χ1n) is 9.01. The lowest BCUT2D eigenvalue weighted by Gasteiger charge is -2.22. The molecule has 2 aromatic rings. The molecule has 0 spiro atoms. The molecule has 0 unspecified atom stereocenters. The van der Waals surface area contributed by atoms with Gasteiger partial charge in [-0.2, -0.15) is 0 Å². The Morgan fingerprint density at radius 1 is 1.03 bits per heavy atom. The van der Waals surface area contributed by atoms with Crippen molar-refractivity contribution in [1.29, 1.82) is 0 Å². The average molecular weight is 423 g/mol. The second-order valence-corrected chi connectivity index (χ2v) is 8.13. The molecular formula is C20H26N2O6S. The lowest BCUT2D eigenvalue weighted by atomic mass is 10.2. The van der Waals surface area contributed by atoms with Gasteiger partial charge in [-0.15, -0.1) is 0 Å². The predicted molar refractivity (Wildman–Crippen MR) is 113 cm³/mol. The molecule has 0 radical (unpaired) electrons. The summed E-state index contributed by atoms with van der Waals surface area (Å²) in [7, 11) is -0.707. The summed E-state index contributed by atoms with van der Waals surface area (Å²) in [5, 5.41) is 2.67. The maximum atomic E-state index is 12.6. The summed E-state index contributed by atoms with van der Waals surface area (Å²) in [6, 6.07) is 11.5. The van der Waals surface area contributed by atoms with Crippen LogP contribution in [-0.4, -0.2) is 48.0 Å². The molecule has 8 nitrogen and oxygen atoms in total. The van der Waals surface area contributed by atoms with Gasteiger partial charge in [-0.05, 0) is 42.8 Å². The topological polar surface area (TPSA) is 94.2 Å². The largest absolute Gasteiger partial charge is 0.497 e. The average Bonchev–Trinajstić information content (AvgIpc) is 2.70. The third-order valence-electron chi connectivity index (χ3n) is 3.97. The lowest BCUT2D eigenvalue weighted by molar-refractivity contribution is -0.114. The van der Waals surface area contributed by atoms with Gasteiger partial charge in [0.1, 0.15) is 23.8 Å². The lowest BCUT2D eigenvalue weighted by Crippen LogP contribution is -2.37. The van der Waals surface area contributed by atoms with E-state index >= 15 is 0 Å². The number of methoxy groups -OCH3 is 2. The maximum Gasteiger partial charge on any atom is 0.245 e. The fourth-order valence-electron chi connectivity index (χ4n) is 2.56. The number of anilines is 2. The van der Waals surface area contributed by atoms with Crippen LogP contribution in [0, 0.1) is 0 Å². The van der Waals surface area contributed by atoms with Crippen LogP contribution in [0.25, 0.3) is 0 Å². The number of nitrogens with one attached hydrogen (secondary N) is 1. The van der Waals surface area contributed by atoms with Crippen molar-refractivity contribution in [3.8, 4) is 17.2 Å². The number of ether oxygens (including phenoxy) is 3. The van der Waals surface area contributed by atoms with Crippen LogP contribution in [0.4, 0.5) is 11.4 Å². The monoisotopic (exact) mass is 422 g/mol. The number of benzene rings is 2. The van der Waals surface area contributed by atoms with Crippen LogP contribution >= 0.6 is 0 Å². The van der Waals surface area contributed by atoms with E-state index in [4.69, 9.17) is 14.2 Å². The summed E-state index contributed by atoms with van der Waals surface area (Å²) < 4.78 is 41.5. The number of amides is 1. The highest BCUT2D eigenvalue weighted by Crippen LogP contribution is 2.29. The van der Waals surface area contributed by atoms with E-state index in [2.05, 4.69) is 5.32 Å². The minimum absolute atomic E-state index is 0.365. The highest BCUT2D eigenvalue weighted by atomic mass is 32.2. The first kappa shape index (κ1) is 22.4. The van der Waals surface area contributed by atoms with E-state index in [1.165, 1.54) is 14.2 Å². The molecule has 1 amide bonds. The Hall–Kier alpha value is -2.94. The first-order valence-corrected chi connectivity index (χ1v) is 10.9. The zero-order chi connectivity index (χ0) is 21.4. The molecule has 0 saturated heterocycles. The Morgan fingerprint density at radius 3 is 2.24 bits per heavy atom. The maximum absolute atomic E-state index is 12.6. The Balaban J connectivity index is 2.20. The van der Waals surface area contributed by atoms with Gasteiger partial charge in [0, 0.05) is 6.07 Å². The van der Waals surface area contributed by atoms with Gasteiger partial charge >= 0.3 is 0 Å². The van der Waals surface area contributed by atoms with E-state index in [1.807, 2.05) is 6.92 Å². The van der Waals surface area contributed by atoms with Crippen molar-refractivity contribution in [1.82, 2.24) is 0 Å². The fourth-order valence-corrected chi connectivity index (χ4v) is 3.42. The summed E-state index contributed by atoms with van der Waals surface area (Å²) in [6.07, 6.45) is 1.92. The van der Waals surface area contributed by atoms with E-state index in [1.54, 1.807) is 42.5 Å². The highest BCUT2D eigenvalue weighted by Gasteiger charge is 2.21.